The van der Waals surface area contributed by atoms with Crippen LogP contribution in [0.5, 0.6) is 0 Å². The third kappa shape index (κ3) is 5.18. The molecule has 2 amide bonds. The number of hydrogen-bond donors (Lipinski definition) is 1. The van der Waals surface area contributed by atoms with Gasteiger partial charge in [-0.3, -0.25) is 9.59 Å². The lowest BCUT2D eigenvalue weighted by Gasteiger charge is -2.35. The number of carboxylic acid groups (broad SMARTS) is 1. The van der Waals surface area contributed by atoms with Crippen LogP contribution >= 0.6 is 0 Å². The van der Waals surface area contributed by atoms with Crippen molar-refractivity contribution < 1.29 is 19.5 Å². The van der Waals surface area contributed by atoms with E-state index in [0.29, 0.717) is 25.4 Å². The van der Waals surface area contributed by atoms with Gasteiger partial charge in [0.15, 0.2) is 0 Å². The van der Waals surface area contributed by atoms with Crippen molar-refractivity contribution in [2.45, 2.75) is 32.1 Å². The summed E-state index contributed by atoms with van der Waals surface area (Å²) in [6.45, 7) is 3.13. The average Bonchev–Trinajstić information content (AvgIpc) is 2.69. The van der Waals surface area contributed by atoms with Crippen LogP contribution in [0.1, 0.15) is 48.0 Å². The molecule has 0 aromatic heterocycles. The molecule has 0 saturated carbocycles. The summed E-state index contributed by atoms with van der Waals surface area (Å²) < 4.78 is 0. The zero-order valence-electron chi connectivity index (χ0n) is 15.5. The number of nitrogens with zero attached hydrogens (tertiary/aromatic N) is 2. The van der Waals surface area contributed by atoms with Crippen LogP contribution in [0.3, 0.4) is 0 Å². The maximum atomic E-state index is 12.4. The van der Waals surface area contributed by atoms with E-state index in [4.69, 9.17) is 5.11 Å². The van der Waals surface area contributed by atoms with Gasteiger partial charge in [-0.1, -0.05) is 12.1 Å². The van der Waals surface area contributed by atoms with Crippen LogP contribution in [-0.4, -0.2) is 58.9 Å². The molecular formula is C21H26N2O4. The van der Waals surface area contributed by atoms with Gasteiger partial charge >= 0.3 is 5.97 Å². The summed E-state index contributed by atoms with van der Waals surface area (Å²) in [5.41, 5.74) is 1.03. The van der Waals surface area contributed by atoms with Crippen molar-refractivity contribution in [3.05, 3.63) is 41.5 Å². The van der Waals surface area contributed by atoms with Crippen LogP contribution in [0.2, 0.25) is 0 Å². The highest BCUT2D eigenvalue weighted by Crippen LogP contribution is 2.21. The molecule has 0 aliphatic carbocycles. The lowest BCUT2D eigenvalue weighted by atomic mass is 9.95. The second-order valence-corrected chi connectivity index (χ2v) is 7.33. The molecule has 6 heteroatoms. The van der Waals surface area contributed by atoms with Gasteiger partial charge in [-0.05, 0) is 55.4 Å². The maximum Gasteiger partial charge on any atom is 0.335 e. The number of hydrogen-bond acceptors (Lipinski definition) is 3. The number of carbonyl (C=O) groups is 3. The summed E-state index contributed by atoms with van der Waals surface area (Å²) in [7, 11) is 0. The van der Waals surface area contributed by atoms with Gasteiger partial charge in [0.2, 0.25) is 11.8 Å². The number of likely N-dealkylation sites (tertiary alicyclic amines) is 2. The molecule has 2 aliphatic rings. The zero-order valence-corrected chi connectivity index (χ0v) is 15.5. The fourth-order valence-corrected chi connectivity index (χ4v) is 3.71. The van der Waals surface area contributed by atoms with E-state index in [1.54, 1.807) is 24.3 Å². The number of rotatable bonds is 5. The summed E-state index contributed by atoms with van der Waals surface area (Å²) in [6, 6.07) is 6.43. The predicted octanol–water partition coefficient (Wildman–Crippen LogP) is 2.65. The molecule has 1 N–H and O–H groups in total. The Morgan fingerprint density at radius 3 is 2.41 bits per heavy atom. The summed E-state index contributed by atoms with van der Waals surface area (Å²) in [4.78, 5) is 39.0. The van der Waals surface area contributed by atoms with Gasteiger partial charge < -0.3 is 14.9 Å². The third-order valence-electron chi connectivity index (χ3n) is 5.40. The van der Waals surface area contributed by atoms with Crippen molar-refractivity contribution in [1.29, 1.82) is 0 Å². The number of aromatic carboxylic acids is 1. The quantitative estimate of drug-likeness (QED) is 0.809. The fraction of sp³-hybridized carbons (Fsp3) is 0.476. The molecule has 0 atom stereocenters. The van der Waals surface area contributed by atoms with Gasteiger partial charge in [-0.25, -0.2) is 4.79 Å². The Balaban J connectivity index is 1.46. The predicted molar refractivity (Wildman–Crippen MR) is 102 cm³/mol. The fourth-order valence-electron chi connectivity index (χ4n) is 3.71. The number of carbonyl (C=O) groups excluding carboxylic acids is 2. The van der Waals surface area contributed by atoms with Crippen molar-refractivity contribution in [3.8, 4) is 0 Å². The highest BCUT2D eigenvalue weighted by molar-refractivity contribution is 5.92. The molecule has 0 spiro atoms. The molecule has 0 radical (unpaired) electrons. The summed E-state index contributed by atoms with van der Waals surface area (Å²) in [5.74, 6) is -0.235. The molecular weight excluding hydrogens is 344 g/mol. The first-order valence-electron chi connectivity index (χ1n) is 9.61. The maximum absolute atomic E-state index is 12.4. The minimum Gasteiger partial charge on any atom is -0.478 e. The van der Waals surface area contributed by atoms with E-state index in [0.717, 1.165) is 44.3 Å². The summed E-state index contributed by atoms with van der Waals surface area (Å²) >= 11 is 0. The van der Waals surface area contributed by atoms with Gasteiger partial charge in [0.1, 0.15) is 0 Å². The summed E-state index contributed by atoms with van der Waals surface area (Å²) in [6.07, 6.45) is 7.90. The van der Waals surface area contributed by atoms with Crippen LogP contribution in [0, 0.1) is 5.92 Å². The van der Waals surface area contributed by atoms with Gasteiger partial charge in [0, 0.05) is 38.7 Å². The van der Waals surface area contributed by atoms with Crippen LogP contribution in [-0.2, 0) is 9.59 Å². The Bertz CT molecular complexity index is 718. The normalized spacial score (nSPS) is 18.9. The third-order valence-corrected chi connectivity index (χ3v) is 5.40. The highest BCUT2D eigenvalue weighted by atomic mass is 16.4. The van der Waals surface area contributed by atoms with E-state index in [1.807, 2.05) is 9.80 Å². The number of amides is 2. The number of benzene rings is 1. The van der Waals surface area contributed by atoms with Gasteiger partial charge in [0.25, 0.3) is 0 Å². The SMILES string of the molecule is O=C(O)c1ccc(C=CC(=O)N2CCC(CN3CCCCC3=O)CC2)cc1. The first kappa shape index (κ1) is 19.1. The Hall–Kier alpha value is -2.63. The lowest BCUT2D eigenvalue weighted by molar-refractivity contribution is -0.135. The second kappa shape index (κ2) is 8.84. The van der Waals surface area contributed by atoms with Crippen LogP contribution in [0.4, 0.5) is 0 Å². The van der Waals surface area contributed by atoms with Crippen molar-refractivity contribution in [1.82, 2.24) is 9.80 Å². The first-order chi connectivity index (χ1) is 13.0. The smallest absolute Gasteiger partial charge is 0.335 e. The zero-order chi connectivity index (χ0) is 19.2. The molecule has 144 valence electrons. The molecule has 1 aromatic rings. The van der Waals surface area contributed by atoms with E-state index in [1.165, 1.54) is 12.1 Å². The van der Waals surface area contributed by atoms with Gasteiger partial charge in [-0.15, -0.1) is 0 Å². The standard InChI is InChI=1S/C21H26N2O4/c24-19-3-1-2-12-23(19)15-17-10-13-22(14-11-17)20(25)9-6-16-4-7-18(8-5-16)21(26)27/h4-9,17H,1-3,10-15H2,(H,26,27). The largest absolute Gasteiger partial charge is 0.478 e. The van der Waals surface area contributed by atoms with Crippen LogP contribution in [0.25, 0.3) is 6.08 Å². The molecule has 2 saturated heterocycles. The number of carboxylic acids is 1. The minimum atomic E-state index is -0.962. The molecule has 1 aromatic carbocycles. The van der Waals surface area contributed by atoms with Gasteiger partial charge in [0.05, 0.1) is 5.56 Å². The molecule has 27 heavy (non-hydrogen) atoms. The van der Waals surface area contributed by atoms with E-state index >= 15 is 0 Å². The van der Waals surface area contributed by atoms with Crippen LogP contribution in [0.15, 0.2) is 30.3 Å². The Morgan fingerprint density at radius 2 is 1.78 bits per heavy atom. The van der Waals surface area contributed by atoms with E-state index in [-0.39, 0.29) is 17.4 Å². The van der Waals surface area contributed by atoms with Crippen molar-refractivity contribution >= 4 is 23.9 Å². The lowest BCUT2D eigenvalue weighted by Crippen LogP contribution is -2.43. The topological polar surface area (TPSA) is 77.9 Å². The Kier molecular flexibility index (Phi) is 6.27. The van der Waals surface area contributed by atoms with Crippen molar-refractivity contribution in [2.75, 3.05) is 26.2 Å². The molecule has 2 aliphatic heterocycles. The van der Waals surface area contributed by atoms with E-state index in [9.17, 15) is 14.4 Å². The number of piperidine rings is 2. The molecule has 0 unspecified atom stereocenters. The Labute approximate surface area is 159 Å². The molecule has 2 fully saturated rings. The Morgan fingerprint density at radius 1 is 1.07 bits per heavy atom. The molecule has 3 rings (SSSR count). The summed E-state index contributed by atoms with van der Waals surface area (Å²) in [5, 5.41) is 8.90. The monoisotopic (exact) mass is 370 g/mol. The van der Waals surface area contributed by atoms with Gasteiger partial charge in [-0.2, -0.15) is 0 Å². The molecule has 6 nitrogen and oxygen atoms in total. The second-order valence-electron chi connectivity index (χ2n) is 7.33. The minimum absolute atomic E-state index is 0.0233. The molecule has 2 heterocycles. The average molecular weight is 370 g/mol. The highest BCUT2D eigenvalue weighted by Gasteiger charge is 2.26. The molecule has 0 bridgehead atoms. The van der Waals surface area contributed by atoms with E-state index in [2.05, 4.69) is 0 Å². The van der Waals surface area contributed by atoms with Crippen molar-refractivity contribution in [2.24, 2.45) is 5.92 Å². The van der Waals surface area contributed by atoms with Crippen molar-refractivity contribution in [3.63, 3.8) is 0 Å². The van der Waals surface area contributed by atoms with E-state index < -0.39 is 5.97 Å². The first-order valence-corrected chi connectivity index (χ1v) is 9.61. The van der Waals surface area contributed by atoms with Crippen LogP contribution < -0.4 is 0 Å².